The molecule has 0 aliphatic carbocycles. The van der Waals surface area contributed by atoms with Crippen LogP contribution < -0.4 is 11.1 Å². The van der Waals surface area contributed by atoms with Crippen LogP contribution in [0.1, 0.15) is 26.7 Å². The number of piperazine rings is 1. The van der Waals surface area contributed by atoms with Gasteiger partial charge in [-0.2, -0.15) is 0 Å². The molecule has 0 radical (unpaired) electrons. The average molecular weight is 482 g/mol. The molecule has 2 aliphatic heterocycles. The smallest absolute Gasteiger partial charge is 0.409 e. The predicted molar refractivity (Wildman–Crippen MR) is 115 cm³/mol. The number of likely N-dealkylation sites (N-methyl/N-ethyl adjacent to an activating group) is 1. The van der Waals surface area contributed by atoms with Crippen LogP contribution in [0.15, 0.2) is 4.99 Å². The van der Waals surface area contributed by atoms with Crippen molar-refractivity contribution in [1.82, 2.24) is 20.0 Å². The molecule has 2 rings (SSSR count). The molecule has 2 saturated heterocycles. The lowest BCUT2D eigenvalue weighted by Crippen LogP contribution is -2.50. The van der Waals surface area contributed by atoms with Crippen LogP contribution in [-0.2, 0) is 4.74 Å². The molecule has 1 atom stereocenters. The second kappa shape index (κ2) is 11.8. The Kier molecular flexibility index (Phi) is 10.6. The number of carbonyl (C=O) groups excluding carboxylic acids is 1. The summed E-state index contributed by atoms with van der Waals surface area (Å²) < 4.78 is 5.04. The van der Waals surface area contributed by atoms with E-state index in [2.05, 4.69) is 34.1 Å². The Hall–Kier alpha value is -0.810. The number of hydrogen-bond acceptors (Lipinski definition) is 5. The van der Waals surface area contributed by atoms with Gasteiger partial charge in [-0.15, -0.1) is 24.0 Å². The van der Waals surface area contributed by atoms with Gasteiger partial charge in [0.05, 0.1) is 13.2 Å². The lowest BCUT2D eigenvalue weighted by molar-refractivity contribution is 0.0963. The third-order valence-electron chi connectivity index (χ3n) is 5.06. The molecule has 152 valence electrons. The van der Waals surface area contributed by atoms with Gasteiger partial charge in [0.15, 0.2) is 5.96 Å². The molecule has 2 aliphatic rings. The summed E-state index contributed by atoms with van der Waals surface area (Å²) in [6.07, 6.45) is 1.51. The number of ether oxygens (including phenoxy) is 1. The molecule has 9 heteroatoms. The Balaban J connectivity index is 0.00000338. The van der Waals surface area contributed by atoms with E-state index in [9.17, 15) is 4.79 Å². The van der Waals surface area contributed by atoms with E-state index in [1.165, 1.54) is 0 Å². The first-order valence-electron chi connectivity index (χ1n) is 9.40. The summed E-state index contributed by atoms with van der Waals surface area (Å²) in [7, 11) is 2.16. The number of aliphatic imine (C=N–C) groups is 1. The van der Waals surface area contributed by atoms with Gasteiger partial charge in [0.1, 0.15) is 0 Å². The van der Waals surface area contributed by atoms with E-state index in [1.54, 1.807) is 4.90 Å². The van der Waals surface area contributed by atoms with E-state index in [1.807, 2.05) is 6.92 Å². The fourth-order valence-corrected chi connectivity index (χ4v) is 3.28. The zero-order valence-corrected chi connectivity index (χ0v) is 18.6. The van der Waals surface area contributed by atoms with Crippen molar-refractivity contribution >= 4 is 36.0 Å². The highest BCUT2D eigenvalue weighted by molar-refractivity contribution is 14.0. The maximum atomic E-state index is 11.7. The number of piperidine rings is 1. The van der Waals surface area contributed by atoms with Crippen molar-refractivity contribution in [1.29, 1.82) is 0 Å². The van der Waals surface area contributed by atoms with Crippen molar-refractivity contribution in [3.8, 4) is 0 Å². The highest BCUT2D eigenvalue weighted by Crippen LogP contribution is 2.11. The normalized spacial score (nSPS) is 21.8. The van der Waals surface area contributed by atoms with E-state index >= 15 is 0 Å². The number of nitrogens with two attached hydrogens (primary N) is 1. The van der Waals surface area contributed by atoms with E-state index in [4.69, 9.17) is 10.5 Å². The van der Waals surface area contributed by atoms with Gasteiger partial charge in [-0.25, -0.2) is 4.79 Å². The van der Waals surface area contributed by atoms with Crippen molar-refractivity contribution in [3.63, 3.8) is 0 Å². The molecule has 0 spiro atoms. The van der Waals surface area contributed by atoms with E-state index in [0.29, 0.717) is 38.2 Å². The van der Waals surface area contributed by atoms with Crippen LogP contribution >= 0.6 is 24.0 Å². The fourth-order valence-electron chi connectivity index (χ4n) is 3.28. The quantitative estimate of drug-likeness (QED) is 0.342. The first-order valence-corrected chi connectivity index (χ1v) is 9.40. The van der Waals surface area contributed by atoms with Crippen LogP contribution in [0.3, 0.4) is 0 Å². The second-order valence-corrected chi connectivity index (χ2v) is 7.02. The Morgan fingerprint density at radius 3 is 2.42 bits per heavy atom. The maximum absolute atomic E-state index is 11.7. The van der Waals surface area contributed by atoms with Gasteiger partial charge in [-0.1, -0.05) is 0 Å². The van der Waals surface area contributed by atoms with E-state index in [-0.39, 0.29) is 36.1 Å². The first kappa shape index (κ1) is 23.2. The lowest BCUT2D eigenvalue weighted by atomic mass is 10.1. The van der Waals surface area contributed by atoms with Crippen molar-refractivity contribution in [2.75, 3.05) is 59.5 Å². The Morgan fingerprint density at radius 1 is 1.23 bits per heavy atom. The molecule has 0 aromatic carbocycles. The highest BCUT2D eigenvalue weighted by Gasteiger charge is 2.24. The number of carbonyl (C=O) groups is 1. The SMILES string of the molecule is CCOC(=O)N1CCC(NC(N)=NCC(C)N2CCN(C)CC2)CC1.I. The summed E-state index contributed by atoms with van der Waals surface area (Å²) in [5.74, 6) is 0.510. The number of hydrogen-bond donors (Lipinski definition) is 2. The molecule has 1 amide bonds. The van der Waals surface area contributed by atoms with Crippen LogP contribution in [0.2, 0.25) is 0 Å². The van der Waals surface area contributed by atoms with Crippen molar-refractivity contribution in [2.45, 2.75) is 38.8 Å². The molecule has 0 saturated carbocycles. The van der Waals surface area contributed by atoms with Crippen LogP contribution in [-0.4, -0.2) is 98.3 Å². The minimum atomic E-state index is -0.219. The minimum Gasteiger partial charge on any atom is -0.450 e. The van der Waals surface area contributed by atoms with Gasteiger partial charge in [-0.3, -0.25) is 9.89 Å². The van der Waals surface area contributed by atoms with Crippen LogP contribution in [0.5, 0.6) is 0 Å². The summed E-state index contributed by atoms with van der Waals surface area (Å²) in [5, 5.41) is 3.30. The summed E-state index contributed by atoms with van der Waals surface area (Å²) >= 11 is 0. The highest BCUT2D eigenvalue weighted by atomic mass is 127. The Labute approximate surface area is 174 Å². The number of guanidine groups is 1. The summed E-state index contributed by atoms with van der Waals surface area (Å²) in [5.41, 5.74) is 6.05. The van der Waals surface area contributed by atoms with E-state index < -0.39 is 0 Å². The van der Waals surface area contributed by atoms with Gasteiger partial charge in [0.2, 0.25) is 0 Å². The molecule has 8 nitrogen and oxygen atoms in total. The second-order valence-electron chi connectivity index (χ2n) is 7.02. The molecule has 3 N–H and O–H groups in total. The number of halogens is 1. The monoisotopic (exact) mass is 482 g/mol. The molecular weight excluding hydrogens is 447 g/mol. The van der Waals surface area contributed by atoms with Crippen LogP contribution in [0.4, 0.5) is 4.79 Å². The number of nitrogens with one attached hydrogen (secondary N) is 1. The Morgan fingerprint density at radius 2 is 1.85 bits per heavy atom. The predicted octanol–water partition coefficient (Wildman–Crippen LogP) is 0.766. The molecule has 2 heterocycles. The summed E-state index contributed by atoms with van der Waals surface area (Å²) in [6.45, 7) is 11.0. The number of likely N-dealkylation sites (tertiary alicyclic amines) is 1. The zero-order valence-electron chi connectivity index (χ0n) is 16.3. The van der Waals surface area contributed by atoms with Gasteiger partial charge in [-0.05, 0) is 33.7 Å². The number of nitrogens with zero attached hydrogens (tertiary/aromatic N) is 4. The minimum absolute atomic E-state index is 0. The molecule has 1 unspecified atom stereocenters. The van der Waals surface area contributed by atoms with Gasteiger partial charge >= 0.3 is 6.09 Å². The first-order chi connectivity index (χ1) is 12.0. The maximum Gasteiger partial charge on any atom is 0.409 e. The summed E-state index contributed by atoms with van der Waals surface area (Å²) in [6, 6.07) is 0.674. The standard InChI is InChI=1S/C17H34N6O2.HI/c1-4-25-17(24)23-7-5-15(6-8-23)20-16(18)19-13-14(2)22-11-9-21(3)10-12-22;/h14-15H,4-13H2,1-3H3,(H3,18,19,20);1H. The summed E-state index contributed by atoms with van der Waals surface area (Å²) in [4.78, 5) is 22.8. The van der Waals surface area contributed by atoms with Crippen LogP contribution in [0.25, 0.3) is 0 Å². The molecule has 0 aromatic heterocycles. The molecule has 26 heavy (non-hydrogen) atoms. The van der Waals surface area contributed by atoms with E-state index in [0.717, 1.165) is 39.0 Å². The van der Waals surface area contributed by atoms with Gasteiger partial charge in [0.25, 0.3) is 0 Å². The number of amides is 1. The molecule has 2 fully saturated rings. The third-order valence-corrected chi connectivity index (χ3v) is 5.06. The van der Waals surface area contributed by atoms with Gasteiger partial charge < -0.3 is 25.6 Å². The largest absolute Gasteiger partial charge is 0.450 e. The van der Waals surface area contributed by atoms with Crippen molar-refractivity contribution in [2.24, 2.45) is 10.7 Å². The lowest BCUT2D eigenvalue weighted by Gasteiger charge is -2.36. The number of rotatable bonds is 5. The topological polar surface area (TPSA) is 86.4 Å². The Bertz CT molecular complexity index is 449. The zero-order chi connectivity index (χ0) is 18.2. The van der Waals surface area contributed by atoms with Gasteiger partial charge in [0, 0.05) is 51.4 Å². The average Bonchev–Trinajstić information content (AvgIpc) is 2.61. The third kappa shape index (κ3) is 7.43. The fraction of sp³-hybridized carbons (Fsp3) is 0.882. The van der Waals surface area contributed by atoms with Crippen LogP contribution in [0, 0.1) is 0 Å². The van der Waals surface area contributed by atoms with Crippen molar-refractivity contribution < 1.29 is 9.53 Å². The molecular formula is C17H35IN6O2. The molecule has 0 aromatic rings. The van der Waals surface area contributed by atoms with Crippen molar-refractivity contribution in [3.05, 3.63) is 0 Å². The molecule has 0 bridgehead atoms.